The fourth-order valence-corrected chi connectivity index (χ4v) is 2.50. The van der Waals surface area contributed by atoms with Gasteiger partial charge in [0.05, 0.1) is 11.6 Å². The van der Waals surface area contributed by atoms with Gasteiger partial charge in [-0.05, 0) is 19.4 Å². The Labute approximate surface area is 121 Å². The van der Waals surface area contributed by atoms with Gasteiger partial charge in [0.15, 0.2) is 0 Å². The number of aryl methyl sites for hydroxylation is 2. The number of aliphatic carboxylic acids is 1. The third-order valence-electron chi connectivity index (χ3n) is 3.44. The molecule has 20 heavy (non-hydrogen) atoms. The minimum atomic E-state index is -0.851. The molecular weight excluding hydrogens is 282 g/mol. The molecule has 108 valence electrons. The lowest BCUT2D eigenvalue weighted by Gasteiger charge is -2.12. The molecule has 6 nitrogen and oxygen atoms in total. The molecule has 0 aliphatic carbocycles. The minimum Gasteiger partial charge on any atom is -0.481 e. The largest absolute Gasteiger partial charge is 0.481 e. The number of carboxylic acid groups (broad SMARTS) is 1. The first-order valence-corrected chi connectivity index (χ1v) is 6.67. The molecule has 2 rings (SSSR count). The monoisotopic (exact) mass is 297 g/mol. The van der Waals surface area contributed by atoms with Crippen LogP contribution in [0.15, 0.2) is 6.08 Å². The van der Waals surface area contributed by atoms with E-state index in [1.54, 1.807) is 13.1 Å². The summed E-state index contributed by atoms with van der Waals surface area (Å²) in [4.78, 5) is 24.4. The number of hydrogen-bond donors (Lipinski definition) is 1. The number of carbonyl (C=O) groups excluding carboxylic acids is 1. The molecule has 1 unspecified atom stereocenters. The summed E-state index contributed by atoms with van der Waals surface area (Å²) in [6.45, 7) is 2.55. The zero-order chi connectivity index (χ0) is 14.9. The first kappa shape index (κ1) is 14.6. The highest BCUT2D eigenvalue weighted by Crippen LogP contribution is 2.21. The molecule has 1 aliphatic heterocycles. The van der Waals surface area contributed by atoms with Gasteiger partial charge < -0.3 is 10.0 Å². The van der Waals surface area contributed by atoms with E-state index in [4.69, 9.17) is 16.7 Å². The molecule has 0 aromatic carbocycles. The van der Waals surface area contributed by atoms with Crippen molar-refractivity contribution in [3.05, 3.63) is 22.5 Å². The number of hydrogen-bond acceptors (Lipinski definition) is 3. The van der Waals surface area contributed by atoms with Gasteiger partial charge in [-0.2, -0.15) is 5.10 Å². The van der Waals surface area contributed by atoms with Crippen LogP contribution in [0.2, 0.25) is 5.15 Å². The van der Waals surface area contributed by atoms with E-state index in [-0.39, 0.29) is 12.5 Å². The molecule has 1 N–H and O–H groups in total. The van der Waals surface area contributed by atoms with Crippen molar-refractivity contribution in [1.82, 2.24) is 14.7 Å². The van der Waals surface area contributed by atoms with Crippen LogP contribution in [0.5, 0.6) is 0 Å². The molecule has 1 fully saturated rings. The van der Waals surface area contributed by atoms with Gasteiger partial charge in [-0.1, -0.05) is 11.6 Å². The zero-order valence-electron chi connectivity index (χ0n) is 11.3. The zero-order valence-corrected chi connectivity index (χ0v) is 12.1. The Morgan fingerprint density at radius 3 is 2.70 bits per heavy atom. The number of likely N-dealkylation sites (tertiary alicyclic amines) is 1. The second-order valence-electron chi connectivity index (χ2n) is 4.85. The Hall–Kier alpha value is -1.82. The summed E-state index contributed by atoms with van der Waals surface area (Å²) < 4.78 is 1.54. The third kappa shape index (κ3) is 2.85. The summed E-state index contributed by atoms with van der Waals surface area (Å²) in [6.07, 6.45) is 3.54. The van der Waals surface area contributed by atoms with E-state index in [1.807, 2.05) is 6.92 Å². The third-order valence-corrected chi connectivity index (χ3v) is 3.89. The summed E-state index contributed by atoms with van der Waals surface area (Å²) in [5, 5.41) is 13.5. The van der Waals surface area contributed by atoms with Crippen LogP contribution in [0, 0.1) is 12.8 Å². The summed E-state index contributed by atoms with van der Waals surface area (Å²) in [5.74, 6) is -1.51. The van der Waals surface area contributed by atoms with Crippen molar-refractivity contribution in [2.45, 2.75) is 13.3 Å². The summed E-state index contributed by atoms with van der Waals surface area (Å²) in [7, 11) is 1.73. The van der Waals surface area contributed by atoms with Crippen molar-refractivity contribution in [3.63, 3.8) is 0 Å². The fourth-order valence-electron chi connectivity index (χ4n) is 2.26. The predicted molar refractivity (Wildman–Crippen MR) is 74.3 cm³/mol. The average molecular weight is 298 g/mol. The highest BCUT2D eigenvalue weighted by Gasteiger charge is 2.29. The highest BCUT2D eigenvalue weighted by molar-refractivity contribution is 6.31. The lowest BCUT2D eigenvalue weighted by molar-refractivity contribution is -0.141. The van der Waals surface area contributed by atoms with E-state index in [1.165, 1.54) is 15.7 Å². The lowest BCUT2D eigenvalue weighted by atomic mass is 10.1. The smallest absolute Gasteiger partial charge is 0.308 e. The van der Waals surface area contributed by atoms with Crippen LogP contribution in [-0.4, -0.2) is 44.8 Å². The molecule has 1 atom stereocenters. The standard InChI is InChI=1S/C13H16ClN3O3/c1-8-10(12(14)16(2)15-8)3-4-11(18)17-6-5-9(7-17)13(19)20/h3-4,9H,5-7H2,1-2H3,(H,19,20). The van der Waals surface area contributed by atoms with Crippen LogP contribution < -0.4 is 0 Å². The number of amides is 1. The molecule has 0 radical (unpaired) electrons. The van der Waals surface area contributed by atoms with E-state index in [9.17, 15) is 9.59 Å². The van der Waals surface area contributed by atoms with E-state index in [0.717, 1.165) is 5.69 Å². The number of aromatic nitrogens is 2. The van der Waals surface area contributed by atoms with Gasteiger partial charge in [-0.3, -0.25) is 14.3 Å². The topological polar surface area (TPSA) is 75.4 Å². The molecule has 1 aromatic rings. The maximum absolute atomic E-state index is 12.0. The normalized spacial score (nSPS) is 18.9. The Balaban J connectivity index is 2.05. The number of carbonyl (C=O) groups is 2. The lowest BCUT2D eigenvalue weighted by Crippen LogP contribution is -2.28. The maximum atomic E-state index is 12.0. The first-order chi connectivity index (χ1) is 9.40. The molecule has 2 heterocycles. The van der Waals surface area contributed by atoms with Crippen molar-refractivity contribution in [3.8, 4) is 0 Å². The highest BCUT2D eigenvalue weighted by atomic mass is 35.5. The predicted octanol–water partition coefficient (Wildman–Crippen LogP) is 1.33. The van der Waals surface area contributed by atoms with Gasteiger partial charge in [-0.15, -0.1) is 0 Å². The van der Waals surface area contributed by atoms with Crippen LogP contribution in [0.3, 0.4) is 0 Å². The maximum Gasteiger partial charge on any atom is 0.308 e. The van der Waals surface area contributed by atoms with Crippen LogP contribution in [0.4, 0.5) is 0 Å². The number of rotatable bonds is 3. The Bertz CT molecular complexity index is 580. The second kappa shape index (κ2) is 5.66. The number of nitrogens with zero attached hydrogens (tertiary/aromatic N) is 3. The molecule has 1 aliphatic rings. The molecular formula is C13H16ClN3O3. The molecule has 1 amide bonds. The average Bonchev–Trinajstić information content (AvgIpc) is 2.95. The molecule has 1 saturated heterocycles. The van der Waals surface area contributed by atoms with Gasteiger partial charge in [0, 0.05) is 31.8 Å². The Morgan fingerprint density at radius 1 is 1.50 bits per heavy atom. The summed E-state index contributed by atoms with van der Waals surface area (Å²) in [5.41, 5.74) is 1.45. The van der Waals surface area contributed by atoms with Gasteiger partial charge in [-0.25, -0.2) is 0 Å². The van der Waals surface area contributed by atoms with Gasteiger partial charge in [0.1, 0.15) is 5.15 Å². The molecule has 7 heteroatoms. The van der Waals surface area contributed by atoms with Crippen LogP contribution in [0.25, 0.3) is 6.08 Å². The van der Waals surface area contributed by atoms with Gasteiger partial charge in [0.25, 0.3) is 0 Å². The molecule has 0 spiro atoms. The molecule has 0 saturated carbocycles. The quantitative estimate of drug-likeness (QED) is 0.854. The summed E-state index contributed by atoms with van der Waals surface area (Å²) in [6, 6.07) is 0. The SMILES string of the molecule is Cc1nn(C)c(Cl)c1C=CC(=O)N1CCC(C(=O)O)C1. The van der Waals surface area contributed by atoms with Crippen molar-refractivity contribution >= 4 is 29.6 Å². The summed E-state index contributed by atoms with van der Waals surface area (Å²) >= 11 is 6.07. The Morgan fingerprint density at radius 2 is 2.20 bits per heavy atom. The van der Waals surface area contributed by atoms with Crippen molar-refractivity contribution in [1.29, 1.82) is 0 Å². The van der Waals surface area contributed by atoms with E-state index < -0.39 is 11.9 Å². The Kier molecular flexibility index (Phi) is 4.13. The molecule has 1 aromatic heterocycles. The van der Waals surface area contributed by atoms with E-state index >= 15 is 0 Å². The first-order valence-electron chi connectivity index (χ1n) is 6.29. The van der Waals surface area contributed by atoms with E-state index in [0.29, 0.717) is 23.7 Å². The number of halogens is 1. The second-order valence-corrected chi connectivity index (χ2v) is 5.21. The van der Waals surface area contributed by atoms with Crippen molar-refractivity contribution < 1.29 is 14.7 Å². The van der Waals surface area contributed by atoms with Crippen LogP contribution in [0.1, 0.15) is 17.7 Å². The van der Waals surface area contributed by atoms with Crippen molar-refractivity contribution in [2.24, 2.45) is 13.0 Å². The van der Waals surface area contributed by atoms with Crippen LogP contribution >= 0.6 is 11.6 Å². The van der Waals surface area contributed by atoms with Crippen LogP contribution in [-0.2, 0) is 16.6 Å². The van der Waals surface area contributed by atoms with E-state index in [2.05, 4.69) is 5.10 Å². The minimum absolute atomic E-state index is 0.201. The van der Waals surface area contributed by atoms with Crippen molar-refractivity contribution in [2.75, 3.05) is 13.1 Å². The van der Waals surface area contributed by atoms with Gasteiger partial charge >= 0.3 is 5.97 Å². The van der Waals surface area contributed by atoms with Gasteiger partial charge in [0.2, 0.25) is 5.91 Å². The molecule has 0 bridgehead atoms. The fraction of sp³-hybridized carbons (Fsp3) is 0.462. The number of carboxylic acids is 1.